The first-order chi connectivity index (χ1) is 13.2. The maximum atomic E-state index is 12.9. The molecule has 0 saturated heterocycles. The van der Waals surface area contributed by atoms with Crippen LogP contribution in [-0.4, -0.2) is 16.4 Å². The largest absolute Gasteiger partial charge is 0.416 e. The smallest absolute Gasteiger partial charge is 0.397 e. The van der Waals surface area contributed by atoms with Gasteiger partial charge in [-0.05, 0) is 48.6 Å². The number of para-hydroxylation sites is 1. The summed E-state index contributed by atoms with van der Waals surface area (Å²) in [6, 6.07) is 8.09. The number of nitrogens with zero attached hydrogens (tertiary/aromatic N) is 1. The van der Waals surface area contributed by atoms with Gasteiger partial charge in [0.2, 0.25) is 0 Å². The molecule has 0 aliphatic carbocycles. The zero-order chi connectivity index (χ0) is 20.5. The maximum Gasteiger partial charge on any atom is 0.416 e. The number of carbonyl (C=O) groups is 1. The average molecular weight is 408 g/mol. The quantitative estimate of drug-likeness (QED) is 0.599. The molecule has 0 bridgehead atoms. The summed E-state index contributed by atoms with van der Waals surface area (Å²) in [5, 5.41) is 7.50. The van der Waals surface area contributed by atoms with E-state index in [2.05, 4.69) is 10.6 Å². The van der Waals surface area contributed by atoms with Crippen LogP contribution in [0.1, 0.15) is 16.7 Å². The fourth-order valence-corrected chi connectivity index (χ4v) is 3.62. The van der Waals surface area contributed by atoms with Crippen molar-refractivity contribution in [3.05, 3.63) is 64.7 Å². The van der Waals surface area contributed by atoms with Crippen molar-refractivity contribution in [1.82, 2.24) is 4.90 Å². The Morgan fingerprint density at radius 1 is 1.18 bits per heavy atom. The highest BCUT2D eigenvalue weighted by Gasteiger charge is 2.32. The standard InChI is InChI=1S/C19H19F3N4OS/c1-11-4-3-5-12(2)16(11)25-18-26(8-9-28-18)17(27)24-15-10-13(19(20,21)22)6-7-14(15)23/h3-10,18,25H,23H2,1-2H3,(H,24,27). The molecule has 1 aliphatic heterocycles. The fraction of sp³-hybridized carbons (Fsp3) is 0.211. The van der Waals surface area contributed by atoms with Crippen LogP contribution in [0, 0.1) is 13.8 Å². The van der Waals surface area contributed by atoms with Crippen LogP contribution in [-0.2, 0) is 6.18 Å². The number of nitrogen functional groups attached to an aromatic ring is 1. The van der Waals surface area contributed by atoms with Gasteiger partial charge in [0.15, 0.2) is 5.50 Å². The van der Waals surface area contributed by atoms with E-state index in [-0.39, 0.29) is 11.4 Å². The third-order valence-electron chi connectivity index (χ3n) is 4.29. The monoisotopic (exact) mass is 408 g/mol. The molecule has 4 N–H and O–H groups in total. The second-order valence-corrected chi connectivity index (χ2v) is 7.31. The number of anilines is 3. The highest BCUT2D eigenvalue weighted by molar-refractivity contribution is 8.03. The summed E-state index contributed by atoms with van der Waals surface area (Å²) >= 11 is 1.38. The van der Waals surface area contributed by atoms with E-state index in [9.17, 15) is 18.0 Å². The second-order valence-electron chi connectivity index (χ2n) is 6.32. The molecule has 5 nitrogen and oxygen atoms in total. The van der Waals surface area contributed by atoms with Gasteiger partial charge in [-0.25, -0.2) is 4.79 Å². The van der Waals surface area contributed by atoms with Gasteiger partial charge >= 0.3 is 12.2 Å². The van der Waals surface area contributed by atoms with Crippen LogP contribution >= 0.6 is 11.8 Å². The number of benzene rings is 2. The molecule has 0 radical (unpaired) electrons. The van der Waals surface area contributed by atoms with Gasteiger partial charge in [-0.1, -0.05) is 30.0 Å². The summed E-state index contributed by atoms with van der Waals surface area (Å²) in [6.07, 6.45) is -2.96. The number of nitrogens with two attached hydrogens (primary N) is 1. The number of rotatable bonds is 3. The highest BCUT2D eigenvalue weighted by atomic mass is 32.2. The number of urea groups is 1. The summed E-state index contributed by atoms with van der Waals surface area (Å²) in [5.41, 5.74) is 7.33. The van der Waals surface area contributed by atoms with Crippen molar-refractivity contribution in [2.45, 2.75) is 25.5 Å². The van der Waals surface area contributed by atoms with E-state index in [0.717, 1.165) is 35.0 Å². The Labute approximate surface area is 164 Å². The minimum atomic E-state index is -4.52. The van der Waals surface area contributed by atoms with Crippen molar-refractivity contribution in [2.24, 2.45) is 0 Å². The Morgan fingerprint density at radius 2 is 1.86 bits per heavy atom. The molecular weight excluding hydrogens is 389 g/mol. The second kappa shape index (κ2) is 7.67. The Morgan fingerprint density at radius 3 is 2.50 bits per heavy atom. The van der Waals surface area contributed by atoms with Crippen LogP contribution in [0.25, 0.3) is 0 Å². The van der Waals surface area contributed by atoms with Crippen molar-refractivity contribution in [3.8, 4) is 0 Å². The lowest BCUT2D eigenvalue weighted by Crippen LogP contribution is -2.39. The van der Waals surface area contributed by atoms with E-state index in [4.69, 9.17) is 5.73 Å². The zero-order valence-corrected chi connectivity index (χ0v) is 16.0. The van der Waals surface area contributed by atoms with Crippen LogP contribution in [0.3, 0.4) is 0 Å². The van der Waals surface area contributed by atoms with Gasteiger partial charge in [0.1, 0.15) is 0 Å². The fourth-order valence-electron chi connectivity index (χ4n) is 2.78. The number of halogens is 3. The SMILES string of the molecule is Cc1cccc(C)c1NC1SC=CN1C(=O)Nc1cc(C(F)(F)F)ccc1N. The Balaban J connectivity index is 1.78. The summed E-state index contributed by atoms with van der Waals surface area (Å²) in [5.74, 6) is 0. The molecule has 9 heteroatoms. The third kappa shape index (κ3) is 4.19. The Bertz CT molecular complexity index is 910. The number of alkyl halides is 3. The molecule has 0 saturated carbocycles. The lowest BCUT2D eigenvalue weighted by atomic mass is 10.1. The highest BCUT2D eigenvalue weighted by Crippen LogP contribution is 2.34. The molecule has 0 spiro atoms. The summed E-state index contributed by atoms with van der Waals surface area (Å²) in [6.45, 7) is 3.91. The lowest BCUT2D eigenvalue weighted by molar-refractivity contribution is -0.137. The number of amides is 2. The number of hydrogen-bond acceptors (Lipinski definition) is 4. The average Bonchev–Trinajstić information content (AvgIpc) is 3.07. The third-order valence-corrected chi connectivity index (χ3v) is 5.17. The minimum absolute atomic E-state index is 0.0523. The first-order valence-electron chi connectivity index (χ1n) is 8.38. The normalized spacial score (nSPS) is 16.3. The predicted molar refractivity (Wildman–Crippen MR) is 107 cm³/mol. The lowest BCUT2D eigenvalue weighted by Gasteiger charge is -2.26. The van der Waals surface area contributed by atoms with Gasteiger partial charge in [-0.2, -0.15) is 13.2 Å². The first-order valence-corrected chi connectivity index (χ1v) is 9.32. The van der Waals surface area contributed by atoms with E-state index in [1.165, 1.54) is 16.7 Å². The number of thioether (sulfide) groups is 1. The van der Waals surface area contributed by atoms with Crippen LogP contribution in [0.5, 0.6) is 0 Å². The molecule has 3 rings (SSSR count). The molecule has 1 unspecified atom stereocenters. The molecule has 1 atom stereocenters. The molecule has 1 aliphatic rings. The van der Waals surface area contributed by atoms with Gasteiger partial charge in [0.05, 0.1) is 16.9 Å². The van der Waals surface area contributed by atoms with Crippen molar-refractivity contribution in [3.63, 3.8) is 0 Å². The van der Waals surface area contributed by atoms with E-state index < -0.39 is 23.3 Å². The number of hydrogen-bond donors (Lipinski definition) is 3. The van der Waals surface area contributed by atoms with E-state index in [1.807, 2.05) is 32.0 Å². The van der Waals surface area contributed by atoms with Gasteiger partial charge in [0, 0.05) is 11.9 Å². The molecule has 28 heavy (non-hydrogen) atoms. The summed E-state index contributed by atoms with van der Waals surface area (Å²) in [7, 11) is 0. The Kier molecular flexibility index (Phi) is 5.46. The van der Waals surface area contributed by atoms with Crippen LogP contribution in [0.15, 0.2) is 48.0 Å². The van der Waals surface area contributed by atoms with Crippen LogP contribution < -0.4 is 16.4 Å². The number of carbonyl (C=O) groups excluding carboxylic acids is 1. The summed E-state index contributed by atoms with van der Waals surface area (Å²) in [4.78, 5) is 14.0. The van der Waals surface area contributed by atoms with Gasteiger partial charge < -0.3 is 16.4 Å². The maximum absolute atomic E-state index is 12.9. The summed E-state index contributed by atoms with van der Waals surface area (Å²) < 4.78 is 38.8. The molecular formula is C19H19F3N4OS. The molecule has 2 aromatic carbocycles. The molecule has 1 heterocycles. The number of aryl methyl sites for hydroxylation is 2. The van der Waals surface area contributed by atoms with Crippen molar-refractivity contribution < 1.29 is 18.0 Å². The molecule has 148 valence electrons. The van der Waals surface area contributed by atoms with Crippen LogP contribution in [0.4, 0.5) is 35.0 Å². The van der Waals surface area contributed by atoms with E-state index in [1.54, 1.807) is 11.6 Å². The van der Waals surface area contributed by atoms with E-state index >= 15 is 0 Å². The van der Waals surface area contributed by atoms with Crippen LogP contribution in [0.2, 0.25) is 0 Å². The predicted octanol–water partition coefficient (Wildman–Crippen LogP) is 5.35. The topological polar surface area (TPSA) is 70.4 Å². The van der Waals surface area contributed by atoms with Gasteiger partial charge in [-0.15, -0.1) is 0 Å². The molecule has 2 aromatic rings. The van der Waals surface area contributed by atoms with E-state index in [0.29, 0.717) is 0 Å². The first kappa shape index (κ1) is 19.9. The number of nitrogens with one attached hydrogen (secondary N) is 2. The van der Waals surface area contributed by atoms with Crippen molar-refractivity contribution in [2.75, 3.05) is 16.4 Å². The van der Waals surface area contributed by atoms with Crippen molar-refractivity contribution in [1.29, 1.82) is 0 Å². The van der Waals surface area contributed by atoms with Gasteiger partial charge in [0.25, 0.3) is 0 Å². The van der Waals surface area contributed by atoms with Gasteiger partial charge in [-0.3, -0.25) is 4.90 Å². The molecule has 0 fully saturated rings. The van der Waals surface area contributed by atoms with Crippen molar-refractivity contribution >= 4 is 34.9 Å². The molecule has 2 amide bonds. The Hall–Kier alpha value is -2.81. The molecule has 0 aromatic heterocycles. The zero-order valence-electron chi connectivity index (χ0n) is 15.2. The minimum Gasteiger partial charge on any atom is -0.397 e.